The Morgan fingerprint density at radius 1 is 1.43 bits per heavy atom. The Hall–Kier alpha value is -0.980. The van der Waals surface area contributed by atoms with Crippen molar-refractivity contribution in [3.05, 3.63) is 38.3 Å². The fourth-order valence-corrected chi connectivity index (χ4v) is 3.12. The number of rotatable bonds is 5. The lowest BCUT2D eigenvalue weighted by Crippen LogP contribution is -2.41. The van der Waals surface area contributed by atoms with Crippen LogP contribution in [-0.4, -0.2) is 36.5 Å². The van der Waals surface area contributed by atoms with Crippen molar-refractivity contribution in [2.75, 3.05) is 26.7 Å². The third-order valence-electron chi connectivity index (χ3n) is 4.30. The van der Waals surface area contributed by atoms with Crippen LogP contribution in [0.5, 0.6) is 0 Å². The molecule has 1 aromatic rings. The van der Waals surface area contributed by atoms with Crippen molar-refractivity contribution in [3.63, 3.8) is 0 Å². The van der Waals surface area contributed by atoms with Crippen molar-refractivity contribution < 1.29 is 4.92 Å². The number of hydrogen-bond donors (Lipinski definition) is 1. The molecule has 0 bridgehead atoms. The summed E-state index contributed by atoms with van der Waals surface area (Å²) >= 11 is 3.38. The van der Waals surface area contributed by atoms with Gasteiger partial charge >= 0.3 is 0 Å². The van der Waals surface area contributed by atoms with E-state index in [0.29, 0.717) is 6.54 Å². The largest absolute Gasteiger partial charge is 0.312 e. The monoisotopic (exact) mass is 355 g/mol. The van der Waals surface area contributed by atoms with Crippen molar-refractivity contribution >= 4 is 21.6 Å². The fraction of sp³-hybridized carbons (Fsp3) is 0.600. The van der Waals surface area contributed by atoms with E-state index in [4.69, 9.17) is 0 Å². The van der Waals surface area contributed by atoms with Crippen molar-refractivity contribution in [2.45, 2.75) is 26.3 Å². The van der Waals surface area contributed by atoms with Gasteiger partial charge in [-0.2, -0.15) is 0 Å². The molecule has 1 heterocycles. The number of hydrogen-bond acceptors (Lipinski definition) is 4. The molecule has 0 aromatic heterocycles. The summed E-state index contributed by atoms with van der Waals surface area (Å²) in [6.07, 6.45) is 2.33. The summed E-state index contributed by atoms with van der Waals surface area (Å²) < 4.78 is 0.871. The van der Waals surface area contributed by atoms with E-state index in [1.165, 1.54) is 0 Å². The Labute approximate surface area is 134 Å². The fourth-order valence-electron chi connectivity index (χ4n) is 2.71. The SMILES string of the molecule is CN1CCC(C)(CNCc2cc(Br)ccc2[N+](=O)[O-])CC1. The van der Waals surface area contributed by atoms with Crippen LogP contribution in [0.2, 0.25) is 0 Å². The number of likely N-dealkylation sites (tertiary alicyclic amines) is 1. The van der Waals surface area contributed by atoms with Gasteiger partial charge in [0, 0.05) is 29.2 Å². The number of nitrogens with zero attached hydrogens (tertiary/aromatic N) is 2. The quantitative estimate of drug-likeness (QED) is 0.650. The second-order valence-corrected chi connectivity index (χ2v) is 7.16. The molecule has 0 saturated carbocycles. The predicted octanol–water partition coefficient (Wildman–Crippen LogP) is 3.18. The third kappa shape index (κ3) is 4.49. The predicted molar refractivity (Wildman–Crippen MR) is 87.3 cm³/mol. The van der Waals surface area contributed by atoms with Gasteiger partial charge in [-0.15, -0.1) is 0 Å². The maximum atomic E-state index is 11.1. The minimum atomic E-state index is -0.319. The van der Waals surface area contributed by atoms with Crippen molar-refractivity contribution in [3.8, 4) is 0 Å². The minimum absolute atomic E-state index is 0.180. The van der Waals surface area contributed by atoms with Gasteiger partial charge < -0.3 is 10.2 Å². The zero-order chi connectivity index (χ0) is 15.5. The van der Waals surface area contributed by atoms with Crippen LogP contribution < -0.4 is 5.32 Å². The molecule has 0 radical (unpaired) electrons. The van der Waals surface area contributed by atoms with Gasteiger partial charge in [0.15, 0.2) is 0 Å². The first-order valence-electron chi connectivity index (χ1n) is 7.22. The number of nitro groups is 1. The van der Waals surface area contributed by atoms with Gasteiger partial charge in [-0.05, 0) is 50.5 Å². The number of benzene rings is 1. The average molecular weight is 356 g/mol. The van der Waals surface area contributed by atoms with Crippen LogP contribution >= 0.6 is 15.9 Å². The molecular weight excluding hydrogens is 334 g/mol. The first-order chi connectivity index (χ1) is 9.89. The average Bonchev–Trinajstić information content (AvgIpc) is 2.42. The molecule has 0 unspecified atom stereocenters. The lowest BCUT2D eigenvalue weighted by atomic mass is 9.80. The molecule has 2 rings (SSSR count). The Morgan fingerprint density at radius 2 is 2.10 bits per heavy atom. The van der Waals surface area contributed by atoms with Gasteiger partial charge in [-0.1, -0.05) is 22.9 Å². The lowest BCUT2D eigenvalue weighted by Gasteiger charge is -2.38. The highest BCUT2D eigenvalue weighted by Gasteiger charge is 2.28. The van der Waals surface area contributed by atoms with Crippen LogP contribution in [0.3, 0.4) is 0 Å². The molecule has 1 N–H and O–H groups in total. The van der Waals surface area contributed by atoms with Crippen LogP contribution in [-0.2, 0) is 6.54 Å². The summed E-state index contributed by atoms with van der Waals surface area (Å²) in [7, 11) is 2.15. The zero-order valence-electron chi connectivity index (χ0n) is 12.6. The number of piperidine rings is 1. The molecule has 1 aliphatic rings. The van der Waals surface area contributed by atoms with Gasteiger partial charge in [0.25, 0.3) is 5.69 Å². The Bertz CT molecular complexity index is 514. The second kappa shape index (κ2) is 6.85. The molecule has 5 nitrogen and oxygen atoms in total. The molecule has 6 heteroatoms. The smallest absolute Gasteiger partial charge is 0.273 e. The first kappa shape index (κ1) is 16.4. The summed E-state index contributed by atoms with van der Waals surface area (Å²) in [6, 6.07) is 5.08. The highest BCUT2D eigenvalue weighted by Crippen LogP contribution is 2.30. The molecule has 1 aromatic carbocycles. The molecule has 1 fully saturated rings. The van der Waals surface area contributed by atoms with Crippen molar-refractivity contribution in [1.82, 2.24) is 10.2 Å². The molecular formula is C15H22BrN3O2. The highest BCUT2D eigenvalue weighted by atomic mass is 79.9. The van der Waals surface area contributed by atoms with E-state index in [1.54, 1.807) is 12.1 Å². The number of nitro benzene ring substituents is 1. The van der Waals surface area contributed by atoms with E-state index in [9.17, 15) is 10.1 Å². The van der Waals surface area contributed by atoms with Crippen LogP contribution in [0.4, 0.5) is 5.69 Å². The summed E-state index contributed by atoms with van der Waals surface area (Å²) in [5.41, 5.74) is 1.19. The topological polar surface area (TPSA) is 58.4 Å². The Morgan fingerprint density at radius 3 is 2.71 bits per heavy atom. The van der Waals surface area contributed by atoms with E-state index in [0.717, 1.165) is 42.5 Å². The van der Waals surface area contributed by atoms with Crippen molar-refractivity contribution in [2.24, 2.45) is 5.41 Å². The van der Waals surface area contributed by atoms with Gasteiger partial charge in [0.05, 0.1) is 4.92 Å². The van der Waals surface area contributed by atoms with E-state index in [2.05, 4.69) is 40.1 Å². The molecule has 0 aliphatic carbocycles. The van der Waals surface area contributed by atoms with Crippen LogP contribution in [0.1, 0.15) is 25.3 Å². The molecule has 21 heavy (non-hydrogen) atoms. The normalized spacial score (nSPS) is 18.6. The molecule has 116 valence electrons. The lowest BCUT2D eigenvalue weighted by molar-refractivity contribution is -0.385. The van der Waals surface area contributed by atoms with Crippen molar-refractivity contribution in [1.29, 1.82) is 0 Å². The molecule has 1 saturated heterocycles. The Kier molecular flexibility index (Phi) is 5.35. The van der Waals surface area contributed by atoms with Gasteiger partial charge in [0.1, 0.15) is 0 Å². The summed E-state index contributed by atoms with van der Waals surface area (Å²) in [4.78, 5) is 13.1. The van der Waals surface area contributed by atoms with Crippen LogP contribution in [0.15, 0.2) is 22.7 Å². The third-order valence-corrected chi connectivity index (χ3v) is 4.79. The van der Waals surface area contributed by atoms with E-state index < -0.39 is 0 Å². The van der Waals surface area contributed by atoms with E-state index in [-0.39, 0.29) is 16.0 Å². The summed E-state index contributed by atoms with van der Waals surface area (Å²) in [5.74, 6) is 0. The maximum absolute atomic E-state index is 11.1. The highest BCUT2D eigenvalue weighted by molar-refractivity contribution is 9.10. The molecule has 0 amide bonds. The zero-order valence-corrected chi connectivity index (χ0v) is 14.1. The summed E-state index contributed by atoms with van der Waals surface area (Å²) in [6.45, 7) is 5.96. The van der Waals surface area contributed by atoms with Gasteiger partial charge in [-0.3, -0.25) is 10.1 Å². The number of halogens is 1. The molecule has 0 atom stereocenters. The standard InChI is InChI=1S/C15H22BrN3O2/c1-15(5-7-18(2)8-6-15)11-17-10-12-9-13(16)3-4-14(12)19(20)21/h3-4,9,17H,5-8,10-11H2,1-2H3. The second-order valence-electron chi connectivity index (χ2n) is 6.25. The first-order valence-corrected chi connectivity index (χ1v) is 8.01. The molecule has 0 spiro atoms. The van der Waals surface area contributed by atoms with Gasteiger partial charge in [0.2, 0.25) is 0 Å². The molecule has 1 aliphatic heterocycles. The minimum Gasteiger partial charge on any atom is -0.312 e. The van der Waals surface area contributed by atoms with E-state index in [1.807, 2.05) is 6.07 Å². The van der Waals surface area contributed by atoms with Crippen LogP contribution in [0, 0.1) is 15.5 Å². The van der Waals surface area contributed by atoms with Gasteiger partial charge in [-0.25, -0.2) is 0 Å². The summed E-state index contributed by atoms with van der Waals surface area (Å²) in [5, 5.41) is 14.5. The number of nitrogens with one attached hydrogen (secondary N) is 1. The Balaban J connectivity index is 1.94. The van der Waals surface area contributed by atoms with E-state index >= 15 is 0 Å². The maximum Gasteiger partial charge on any atom is 0.273 e. The van der Waals surface area contributed by atoms with Crippen LogP contribution in [0.25, 0.3) is 0 Å².